The molecule has 1 heterocycles. The number of hydrogen-bond acceptors (Lipinski definition) is 7. The second-order valence-electron chi connectivity index (χ2n) is 7.01. The van der Waals surface area contributed by atoms with Gasteiger partial charge < -0.3 is 15.4 Å². The van der Waals surface area contributed by atoms with Crippen molar-refractivity contribution in [1.82, 2.24) is 4.90 Å². The highest BCUT2D eigenvalue weighted by Crippen LogP contribution is 2.53. The van der Waals surface area contributed by atoms with Gasteiger partial charge in [-0.3, -0.25) is 0 Å². The summed E-state index contributed by atoms with van der Waals surface area (Å²) in [7, 11) is 3.25. The molecule has 7 nitrogen and oxygen atoms in total. The zero-order valence-electron chi connectivity index (χ0n) is 15.6. The first kappa shape index (κ1) is 19.2. The molecule has 0 unspecified atom stereocenters. The number of likely N-dealkylation sites (N-methyl/N-ethyl adjacent to an activating group) is 1. The smallest absolute Gasteiger partial charge is 0.337 e. The lowest BCUT2D eigenvalue weighted by atomic mass is 9.58. The monoisotopic (exact) mass is 373 g/mol. The Balaban J connectivity index is 2.24. The fourth-order valence-electron chi connectivity index (χ4n) is 4.14. The first-order chi connectivity index (χ1) is 13.4. The number of rotatable bonds is 2. The quantitative estimate of drug-likeness (QED) is 0.783. The summed E-state index contributed by atoms with van der Waals surface area (Å²) in [6.07, 6.45) is 1.94. The molecule has 0 aromatic heterocycles. The molecular weight excluding hydrogens is 354 g/mol. The minimum absolute atomic E-state index is 0.00547. The van der Waals surface area contributed by atoms with Gasteiger partial charge in [0.05, 0.1) is 36.1 Å². The molecule has 0 saturated carbocycles. The standard InChI is InChI=1S/C21H19N5O2/c1-26-8-7-15-16(9-22)19(25)21(11-23,12-24)18(17(15)10-26)13-3-5-14(6-4-13)20(27)28-2/h3-7,17-18H,8,10,25H2,1-2H3/t17-,18+/m1/s1. The second-order valence-corrected chi connectivity index (χ2v) is 7.01. The number of carbonyl (C=O) groups is 1. The molecule has 140 valence electrons. The molecule has 2 atom stereocenters. The number of allylic oxidation sites excluding steroid dienone is 2. The molecule has 0 amide bonds. The molecule has 0 radical (unpaired) electrons. The maximum atomic E-state index is 11.7. The Morgan fingerprint density at radius 1 is 1.25 bits per heavy atom. The predicted molar refractivity (Wildman–Crippen MR) is 100 cm³/mol. The molecule has 3 rings (SSSR count). The molecule has 0 bridgehead atoms. The molecule has 1 aliphatic carbocycles. The highest BCUT2D eigenvalue weighted by molar-refractivity contribution is 5.89. The summed E-state index contributed by atoms with van der Waals surface area (Å²) in [5.74, 6) is -1.28. The first-order valence-corrected chi connectivity index (χ1v) is 8.73. The van der Waals surface area contributed by atoms with Crippen molar-refractivity contribution in [3.8, 4) is 18.2 Å². The Kier molecular flexibility index (Phi) is 4.92. The van der Waals surface area contributed by atoms with E-state index < -0.39 is 17.3 Å². The predicted octanol–water partition coefficient (Wildman–Crippen LogP) is 1.83. The second kappa shape index (κ2) is 7.19. The average molecular weight is 373 g/mol. The Labute approximate surface area is 163 Å². The molecule has 2 N–H and O–H groups in total. The average Bonchev–Trinajstić information content (AvgIpc) is 2.73. The fraction of sp³-hybridized carbons (Fsp3) is 0.333. The van der Waals surface area contributed by atoms with E-state index in [1.165, 1.54) is 7.11 Å². The van der Waals surface area contributed by atoms with Gasteiger partial charge in [-0.2, -0.15) is 15.8 Å². The van der Waals surface area contributed by atoms with E-state index in [2.05, 4.69) is 23.1 Å². The van der Waals surface area contributed by atoms with E-state index in [1.807, 2.05) is 13.1 Å². The van der Waals surface area contributed by atoms with Crippen molar-refractivity contribution in [3.05, 3.63) is 58.3 Å². The highest BCUT2D eigenvalue weighted by atomic mass is 16.5. The van der Waals surface area contributed by atoms with Crippen molar-refractivity contribution in [2.75, 3.05) is 27.2 Å². The van der Waals surface area contributed by atoms with Gasteiger partial charge in [0.1, 0.15) is 6.07 Å². The van der Waals surface area contributed by atoms with Crippen LogP contribution in [-0.4, -0.2) is 38.1 Å². The number of fused-ring (bicyclic) bond motifs is 1. The van der Waals surface area contributed by atoms with Crippen molar-refractivity contribution >= 4 is 5.97 Å². The summed E-state index contributed by atoms with van der Waals surface area (Å²) < 4.78 is 4.73. The van der Waals surface area contributed by atoms with Crippen molar-refractivity contribution in [3.63, 3.8) is 0 Å². The van der Waals surface area contributed by atoms with E-state index in [-0.39, 0.29) is 17.2 Å². The molecule has 28 heavy (non-hydrogen) atoms. The molecule has 1 aliphatic heterocycles. The number of nitrogens with two attached hydrogens (primary N) is 1. The third kappa shape index (κ3) is 2.72. The van der Waals surface area contributed by atoms with E-state index in [1.54, 1.807) is 24.3 Å². The van der Waals surface area contributed by atoms with Crippen LogP contribution in [0.1, 0.15) is 21.8 Å². The van der Waals surface area contributed by atoms with Gasteiger partial charge in [0.15, 0.2) is 5.41 Å². The Morgan fingerprint density at radius 2 is 1.89 bits per heavy atom. The van der Waals surface area contributed by atoms with E-state index in [0.29, 0.717) is 24.2 Å². The van der Waals surface area contributed by atoms with Gasteiger partial charge in [-0.25, -0.2) is 4.79 Å². The van der Waals surface area contributed by atoms with E-state index in [0.717, 1.165) is 5.57 Å². The largest absolute Gasteiger partial charge is 0.465 e. The summed E-state index contributed by atoms with van der Waals surface area (Å²) >= 11 is 0. The first-order valence-electron chi connectivity index (χ1n) is 8.73. The lowest BCUT2D eigenvalue weighted by Gasteiger charge is -2.45. The van der Waals surface area contributed by atoms with Gasteiger partial charge in [-0.15, -0.1) is 0 Å². The summed E-state index contributed by atoms with van der Waals surface area (Å²) in [6, 6.07) is 12.9. The van der Waals surface area contributed by atoms with Crippen LogP contribution in [0.25, 0.3) is 0 Å². The third-order valence-corrected chi connectivity index (χ3v) is 5.54. The van der Waals surface area contributed by atoms with Crippen molar-refractivity contribution < 1.29 is 9.53 Å². The molecule has 1 aromatic rings. The Bertz CT molecular complexity index is 987. The van der Waals surface area contributed by atoms with Crippen LogP contribution in [0.4, 0.5) is 0 Å². The molecule has 2 aliphatic rings. The minimum Gasteiger partial charge on any atom is -0.465 e. The third-order valence-electron chi connectivity index (χ3n) is 5.54. The van der Waals surface area contributed by atoms with Gasteiger partial charge in [-0.1, -0.05) is 18.2 Å². The molecular formula is C21H19N5O2. The zero-order valence-corrected chi connectivity index (χ0v) is 15.6. The number of carbonyl (C=O) groups excluding carboxylic acids is 1. The van der Waals surface area contributed by atoms with Crippen LogP contribution < -0.4 is 5.73 Å². The molecule has 7 heteroatoms. The van der Waals surface area contributed by atoms with Crippen molar-refractivity contribution in [1.29, 1.82) is 15.8 Å². The number of ether oxygens (including phenoxy) is 1. The lowest BCUT2D eigenvalue weighted by Crippen LogP contribution is -2.47. The Hall–Kier alpha value is -3.60. The summed E-state index contributed by atoms with van der Waals surface area (Å²) in [5.41, 5.74) is 6.66. The van der Waals surface area contributed by atoms with E-state index in [4.69, 9.17) is 10.5 Å². The number of nitrogens with zero attached hydrogens (tertiary/aromatic N) is 4. The lowest BCUT2D eigenvalue weighted by molar-refractivity contribution is 0.0600. The SMILES string of the molecule is COC(=O)c1ccc([C@H]2[C@@H]3CN(C)CC=C3C(C#N)=C(N)C2(C#N)C#N)cc1. The minimum atomic E-state index is -1.67. The van der Waals surface area contributed by atoms with Crippen LogP contribution in [0, 0.1) is 45.3 Å². The van der Waals surface area contributed by atoms with Crippen LogP contribution in [0.3, 0.4) is 0 Å². The normalized spacial score (nSPS) is 23.5. The zero-order chi connectivity index (χ0) is 20.5. The number of methoxy groups -OCH3 is 1. The summed E-state index contributed by atoms with van der Waals surface area (Å²) in [6.45, 7) is 1.24. The van der Waals surface area contributed by atoms with Crippen LogP contribution in [0.5, 0.6) is 0 Å². The number of benzene rings is 1. The van der Waals surface area contributed by atoms with Crippen LogP contribution >= 0.6 is 0 Å². The van der Waals surface area contributed by atoms with Gasteiger partial charge in [0.2, 0.25) is 0 Å². The number of esters is 1. The van der Waals surface area contributed by atoms with Gasteiger partial charge in [0, 0.05) is 24.9 Å². The fourth-order valence-corrected chi connectivity index (χ4v) is 4.14. The van der Waals surface area contributed by atoms with Gasteiger partial charge >= 0.3 is 5.97 Å². The van der Waals surface area contributed by atoms with Crippen LogP contribution in [0.2, 0.25) is 0 Å². The number of hydrogen-bond donors (Lipinski definition) is 1. The van der Waals surface area contributed by atoms with Crippen LogP contribution in [-0.2, 0) is 4.74 Å². The molecule has 0 saturated heterocycles. The summed E-state index contributed by atoms with van der Waals surface area (Å²) in [4.78, 5) is 13.8. The van der Waals surface area contributed by atoms with Gasteiger partial charge in [0.25, 0.3) is 0 Å². The number of nitriles is 3. The molecule has 1 aromatic carbocycles. The highest BCUT2D eigenvalue weighted by Gasteiger charge is 2.54. The van der Waals surface area contributed by atoms with Crippen molar-refractivity contribution in [2.45, 2.75) is 5.92 Å². The topological polar surface area (TPSA) is 127 Å². The molecule has 0 spiro atoms. The Morgan fingerprint density at radius 3 is 2.43 bits per heavy atom. The molecule has 0 fully saturated rings. The maximum Gasteiger partial charge on any atom is 0.337 e. The summed E-state index contributed by atoms with van der Waals surface area (Å²) in [5, 5.41) is 29.6. The van der Waals surface area contributed by atoms with E-state index >= 15 is 0 Å². The van der Waals surface area contributed by atoms with Gasteiger partial charge in [-0.05, 0) is 30.3 Å². The van der Waals surface area contributed by atoms with Crippen LogP contribution in [0.15, 0.2) is 47.2 Å². The van der Waals surface area contributed by atoms with E-state index in [9.17, 15) is 20.6 Å². The van der Waals surface area contributed by atoms with Crippen molar-refractivity contribution in [2.24, 2.45) is 17.1 Å². The maximum absolute atomic E-state index is 11.7.